The van der Waals surface area contributed by atoms with E-state index >= 15 is 0 Å². The fourth-order valence-electron chi connectivity index (χ4n) is 6.48. The standard InChI is InChI=1S/C22H26O6/c1-26-22(16-4-2-15(20(25)11-16)3-5-19(24)12-23)21(27-28-22)17-7-13-6-14(9-17)10-18(21)8-13/h2-5,11,13-14,17-18,23,25H,6-10,12H2,1H3/b5-3+. The molecule has 1 unspecified atom stereocenters. The first-order valence-corrected chi connectivity index (χ1v) is 10.1. The average molecular weight is 386 g/mol. The van der Waals surface area contributed by atoms with Gasteiger partial charge in [0.25, 0.3) is 5.79 Å². The lowest BCUT2D eigenvalue weighted by molar-refractivity contribution is -0.645. The Morgan fingerprint density at radius 2 is 1.86 bits per heavy atom. The summed E-state index contributed by atoms with van der Waals surface area (Å²) in [5.41, 5.74) is 0.735. The molecule has 4 aliphatic carbocycles. The van der Waals surface area contributed by atoms with E-state index in [-0.39, 0.29) is 5.75 Å². The fourth-order valence-corrected chi connectivity index (χ4v) is 6.48. The highest BCUT2D eigenvalue weighted by atomic mass is 17.3. The molecule has 6 rings (SSSR count). The van der Waals surface area contributed by atoms with Crippen LogP contribution in [0.4, 0.5) is 0 Å². The predicted molar refractivity (Wildman–Crippen MR) is 99.9 cm³/mol. The van der Waals surface area contributed by atoms with Gasteiger partial charge in [-0.1, -0.05) is 12.1 Å². The number of carbonyl (C=O) groups is 1. The number of hydrogen-bond donors (Lipinski definition) is 2. The number of carbonyl (C=O) groups excluding carboxylic acids is 1. The minimum atomic E-state index is -1.02. The summed E-state index contributed by atoms with van der Waals surface area (Å²) >= 11 is 0. The van der Waals surface area contributed by atoms with Gasteiger partial charge in [0, 0.05) is 18.2 Å². The monoisotopic (exact) mass is 386 g/mol. The van der Waals surface area contributed by atoms with Gasteiger partial charge in [0.2, 0.25) is 0 Å². The molecule has 5 aliphatic rings. The molecule has 4 saturated carbocycles. The van der Waals surface area contributed by atoms with Crippen LogP contribution in [0.15, 0.2) is 24.3 Å². The summed E-state index contributed by atoms with van der Waals surface area (Å²) in [5.74, 6) is 0.984. The Kier molecular flexibility index (Phi) is 4.18. The second-order valence-electron chi connectivity index (χ2n) is 8.82. The van der Waals surface area contributed by atoms with Gasteiger partial charge in [-0.25, -0.2) is 4.89 Å². The van der Waals surface area contributed by atoms with Gasteiger partial charge in [-0.15, -0.1) is 0 Å². The van der Waals surface area contributed by atoms with Gasteiger partial charge in [-0.2, -0.15) is 4.89 Å². The first kappa shape index (κ1) is 18.3. The van der Waals surface area contributed by atoms with Crippen LogP contribution in [0.3, 0.4) is 0 Å². The number of aromatic hydroxyl groups is 1. The van der Waals surface area contributed by atoms with E-state index in [2.05, 4.69) is 0 Å². The number of phenolic OH excluding ortho intramolecular Hbond substituents is 1. The molecule has 28 heavy (non-hydrogen) atoms. The summed E-state index contributed by atoms with van der Waals surface area (Å²) in [6.45, 7) is -0.555. The number of benzene rings is 1. The zero-order valence-corrected chi connectivity index (χ0v) is 16.0. The number of phenols is 1. The van der Waals surface area contributed by atoms with E-state index in [1.54, 1.807) is 19.2 Å². The molecule has 1 heterocycles. The van der Waals surface area contributed by atoms with Gasteiger partial charge >= 0.3 is 0 Å². The maximum absolute atomic E-state index is 11.3. The van der Waals surface area contributed by atoms with Gasteiger partial charge in [-0.05, 0) is 74.0 Å². The zero-order valence-electron chi connectivity index (χ0n) is 16.0. The van der Waals surface area contributed by atoms with Crippen molar-refractivity contribution in [3.8, 4) is 5.75 Å². The third-order valence-electron chi connectivity index (χ3n) is 7.46. The van der Waals surface area contributed by atoms with E-state index in [9.17, 15) is 9.90 Å². The first-order valence-electron chi connectivity index (χ1n) is 10.1. The van der Waals surface area contributed by atoms with Crippen LogP contribution in [0.2, 0.25) is 0 Å². The van der Waals surface area contributed by atoms with Crippen molar-refractivity contribution in [3.05, 3.63) is 35.4 Å². The lowest BCUT2D eigenvalue weighted by Crippen LogP contribution is -2.76. The van der Waals surface area contributed by atoms with E-state index < -0.39 is 23.8 Å². The van der Waals surface area contributed by atoms with E-state index in [0.29, 0.717) is 17.4 Å². The summed E-state index contributed by atoms with van der Waals surface area (Å²) in [4.78, 5) is 22.9. The first-order chi connectivity index (χ1) is 13.5. The molecule has 1 aromatic carbocycles. The molecule has 1 aromatic rings. The van der Waals surface area contributed by atoms with Crippen LogP contribution in [0.5, 0.6) is 5.75 Å². The summed E-state index contributed by atoms with van der Waals surface area (Å²) in [5, 5.41) is 19.4. The number of ether oxygens (including phenoxy) is 1. The molecule has 1 spiro atoms. The highest BCUT2D eigenvalue weighted by Gasteiger charge is 2.76. The molecule has 6 nitrogen and oxygen atoms in total. The number of hydrogen-bond acceptors (Lipinski definition) is 6. The van der Waals surface area contributed by atoms with Crippen molar-refractivity contribution in [1.29, 1.82) is 0 Å². The van der Waals surface area contributed by atoms with Crippen LogP contribution in [0.1, 0.15) is 43.2 Å². The molecule has 6 heteroatoms. The number of aliphatic hydroxyl groups is 1. The molecule has 1 aliphatic heterocycles. The van der Waals surface area contributed by atoms with Crippen LogP contribution >= 0.6 is 0 Å². The Hall–Kier alpha value is -1.73. The molecule has 0 radical (unpaired) electrons. The summed E-state index contributed by atoms with van der Waals surface area (Å²) in [6, 6.07) is 5.24. The molecule has 1 saturated heterocycles. The lowest BCUT2D eigenvalue weighted by Gasteiger charge is -2.68. The van der Waals surface area contributed by atoms with Gasteiger partial charge < -0.3 is 14.9 Å². The molecule has 2 N–H and O–H groups in total. The van der Waals surface area contributed by atoms with Crippen LogP contribution in [0.25, 0.3) is 6.08 Å². The Bertz CT molecular complexity index is 798. The molecule has 0 amide bonds. The molecule has 1 atom stereocenters. The topological polar surface area (TPSA) is 85.2 Å². The molecule has 0 aromatic heterocycles. The number of ketones is 1. The van der Waals surface area contributed by atoms with Crippen LogP contribution < -0.4 is 0 Å². The van der Waals surface area contributed by atoms with Crippen molar-refractivity contribution in [3.63, 3.8) is 0 Å². The largest absolute Gasteiger partial charge is 0.507 e. The number of aliphatic hydroxyl groups excluding tert-OH is 1. The van der Waals surface area contributed by atoms with Gasteiger partial charge in [-0.3, -0.25) is 4.79 Å². The third kappa shape index (κ3) is 2.32. The Morgan fingerprint density at radius 1 is 1.18 bits per heavy atom. The van der Waals surface area contributed by atoms with Crippen LogP contribution in [0, 0.1) is 23.7 Å². The summed E-state index contributed by atoms with van der Waals surface area (Å²) in [7, 11) is 1.64. The maximum Gasteiger partial charge on any atom is 0.260 e. The Labute approximate surface area is 164 Å². The fraction of sp³-hybridized carbons (Fsp3) is 0.591. The van der Waals surface area contributed by atoms with Gasteiger partial charge in [0.15, 0.2) is 11.4 Å². The smallest absolute Gasteiger partial charge is 0.260 e. The number of rotatable bonds is 5. The second-order valence-corrected chi connectivity index (χ2v) is 8.82. The molecular formula is C22H26O6. The molecule has 150 valence electrons. The van der Waals surface area contributed by atoms with E-state index in [0.717, 1.165) is 43.1 Å². The SMILES string of the molecule is COC1(c2ccc(/C=C/C(=O)CO)c(O)c2)OOC12C1CC3CC(C1)CC2C3. The van der Waals surface area contributed by atoms with E-state index in [4.69, 9.17) is 19.6 Å². The van der Waals surface area contributed by atoms with Crippen molar-refractivity contribution in [2.45, 2.75) is 43.5 Å². The van der Waals surface area contributed by atoms with Crippen molar-refractivity contribution < 1.29 is 29.5 Å². The predicted octanol–water partition coefficient (Wildman–Crippen LogP) is 2.92. The Morgan fingerprint density at radius 3 is 2.36 bits per heavy atom. The van der Waals surface area contributed by atoms with Crippen molar-refractivity contribution in [1.82, 2.24) is 0 Å². The van der Waals surface area contributed by atoms with Crippen LogP contribution in [-0.4, -0.2) is 35.3 Å². The van der Waals surface area contributed by atoms with Crippen LogP contribution in [-0.2, 0) is 25.1 Å². The molecular weight excluding hydrogens is 360 g/mol. The molecule has 5 fully saturated rings. The summed E-state index contributed by atoms with van der Waals surface area (Å²) in [6.07, 6.45) is 8.69. The van der Waals surface area contributed by atoms with Crippen molar-refractivity contribution in [2.75, 3.05) is 13.7 Å². The minimum Gasteiger partial charge on any atom is -0.507 e. The average Bonchev–Trinajstić information content (AvgIpc) is 2.66. The molecule has 4 bridgehead atoms. The van der Waals surface area contributed by atoms with Gasteiger partial charge in [0.05, 0.1) is 0 Å². The maximum atomic E-state index is 11.3. The lowest BCUT2D eigenvalue weighted by atomic mass is 9.47. The van der Waals surface area contributed by atoms with Gasteiger partial charge in [0.1, 0.15) is 12.4 Å². The normalized spacial score (nSPS) is 40.9. The number of methoxy groups -OCH3 is 1. The third-order valence-corrected chi connectivity index (χ3v) is 7.46. The van der Waals surface area contributed by atoms with Crippen molar-refractivity contribution >= 4 is 11.9 Å². The van der Waals surface area contributed by atoms with E-state index in [1.807, 2.05) is 6.07 Å². The Balaban J connectivity index is 1.50. The minimum absolute atomic E-state index is 0.0328. The highest BCUT2D eigenvalue weighted by molar-refractivity contribution is 5.94. The quantitative estimate of drug-likeness (QED) is 0.598. The van der Waals surface area contributed by atoms with Crippen molar-refractivity contribution in [2.24, 2.45) is 23.7 Å². The highest BCUT2D eigenvalue weighted by Crippen LogP contribution is 2.69. The summed E-state index contributed by atoms with van der Waals surface area (Å²) < 4.78 is 5.99. The zero-order chi connectivity index (χ0) is 19.5. The van der Waals surface area contributed by atoms with E-state index in [1.165, 1.54) is 18.6 Å². The second kappa shape index (κ2) is 6.39.